The number of hydrogen-bond donors (Lipinski definition) is 1. The number of alkyl halides is 3. The van der Waals surface area contributed by atoms with Crippen LogP contribution in [-0.2, 0) is 6.18 Å². The number of nitrogen functional groups attached to an aromatic ring is 1. The fourth-order valence-corrected chi connectivity index (χ4v) is 1.55. The summed E-state index contributed by atoms with van der Waals surface area (Å²) in [6.07, 6.45) is -4.32. The Balaban J connectivity index is 2.39. The van der Waals surface area contributed by atoms with E-state index >= 15 is 0 Å². The molecule has 0 amide bonds. The van der Waals surface area contributed by atoms with Gasteiger partial charge in [-0.1, -0.05) is 0 Å². The zero-order chi connectivity index (χ0) is 12.6. The number of hydrogen-bond acceptors (Lipinski definition) is 2. The Morgan fingerprint density at radius 2 is 1.76 bits per heavy atom. The van der Waals surface area contributed by atoms with Crippen LogP contribution in [0.15, 0.2) is 30.3 Å². The van der Waals surface area contributed by atoms with Gasteiger partial charge in [0.25, 0.3) is 0 Å². The fourth-order valence-electron chi connectivity index (χ4n) is 1.55. The number of nitrogens with two attached hydrogens (primary N) is 1. The van der Waals surface area contributed by atoms with E-state index in [9.17, 15) is 13.2 Å². The Labute approximate surface area is 95.7 Å². The summed E-state index contributed by atoms with van der Waals surface area (Å²) in [6.45, 7) is 1.78. The lowest BCUT2D eigenvalue weighted by atomic mass is 10.2. The monoisotopic (exact) mass is 241 g/mol. The van der Waals surface area contributed by atoms with Crippen LogP contribution in [0.25, 0.3) is 5.69 Å². The zero-order valence-corrected chi connectivity index (χ0v) is 8.99. The second-order valence-electron chi connectivity index (χ2n) is 3.67. The summed E-state index contributed by atoms with van der Waals surface area (Å²) in [7, 11) is 0. The predicted octanol–water partition coefficient (Wildman–Crippen LogP) is 2.78. The van der Waals surface area contributed by atoms with Crippen molar-refractivity contribution >= 4 is 5.82 Å². The topological polar surface area (TPSA) is 43.8 Å². The number of anilines is 1. The second kappa shape index (κ2) is 3.80. The van der Waals surface area contributed by atoms with Crippen molar-refractivity contribution < 1.29 is 13.2 Å². The molecular weight excluding hydrogens is 231 g/mol. The first kappa shape index (κ1) is 11.5. The summed E-state index contributed by atoms with van der Waals surface area (Å²) in [5.41, 5.74) is 6.14. The Morgan fingerprint density at radius 3 is 2.18 bits per heavy atom. The van der Waals surface area contributed by atoms with Crippen molar-refractivity contribution in [3.05, 3.63) is 41.6 Å². The van der Waals surface area contributed by atoms with Crippen LogP contribution in [0.1, 0.15) is 11.3 Å². The van der Waals surface area contributed by atoms with E-state index in [1.807, 2.05) is 0 Å². The van der Waals surface area contributed by atoms with Crippen LogP contribution in [-0.4, -0.2) is 9.78 Å². The molecule has 1 aromatic carbocycles. The molecule has 3 nitrogen and oxygen atoms in total. The highest BCUT2D eigenvalue weighted by molar-refractivity contribution is 5.40. The molecule has 1 aromatic heterocycles. The van der Waals surface area contributed by atoms with Crippen molar-refractivity contribution in [2.24, 2.45) is 0 Å². The van der Waals surface area contributed by atoms with Crippen molar-refractivity contribution in [3.63, 3.8) is 0 Å². The van der Waals surface area contributed by atoms with Crippen LogP contribution in [0.4, 0.5) is 19.0 Å². The molecule has 0 aliphatic heterocycles. The van der Waals surface area contributed by atoms with Crippen molar-refractivity contribution in [1.82, 2.24) is 9.78 Å². The minimum absolute atomic E-state index is 0.336. The van der Waals surface area contributed by atoms with Crippen LogP contribution in [0.2, 0.25) is 0 Å². The summed E-state index contributed by atoms with van der Waals surface area (Å²) in [5.74, 6) is 0.336. The predicted molar refractivity (Wildman–Crippen MR) is 57.7 cm³/mol. The molecule has 2 rings (SSSR count). The molecule has 0 aliphatic rings. The van der Waals surface area contributed by atoms with Gasteiger partial charge in [-0.3, -0.25) is 0 Å². The molecule has 0 bridgehead atoms. The largest absolute Gasteiger partial charge is 0.416 e. The molecule has 0 saturated carbocycles. The number of nitrogens with zero attached hydrogens (tertiary/aromatic N) is 2. The van der Waals surface area contributed by atoms with Crippen molar-refractivity contribution in [2.75, 3.05) is 5.73 Å². The van der Waals surface area contributed by atoms with E-state index in [2.05, 4.69) is 5.10 Å². The molecule has 17 heavy (non-hydrogen) atoms. The minimum atomic E-state index is -4.32. The lowest BCUT2D eigenvalue weighted by Crippen LogP contribution is -2.05. The molecule has 0 radical (unpaired) electrons. The molecule has 0 unspecified atom stereocenters. The first-order valence-electron chi connectivity index (χ1n) is 4.88. The normalized spacial score (nSPS) is 11.8. The van der Waals surface area contributed by atoms with Crippen LogP contribution < -0.4 is 5.73 Å². The summed E-state index contributed by atoms with van der Waals surface area (Å²) < 4.78 is 38.6. The number of rotatable bonds is 1. The minimum Gasteiger partial charge on any atom is -0.382 e. The van der Waals surface area contributed by atoms with E-state index in [0.717, 1.165) is 17.8 Å². The SMILES string of the molecule is Cc1cc(N)nn1-c1ccc(C(F)(F)F)cc1. The maximum absolute atomic E-state index is 12.4. The number of benzene rings is 1. The smallest absolute Gasteiger partial charge is 0.382 e. The van der Waals surface area contributed by atoms with E-state index in [-0.39, 0.29) is 0 Å². The fraction of sp³-hybridized carbons (Fsp3) is 0.182. The van der Waals surface area contributed by atoms with E-state index in [1.54, 1.807) is 13.0 Å². The van der Waals surface area contributed by atoms with E-state index in [0.29, 0.717) is 11.5 Å². The standard InChI is InChI=1S/C11H10F3N3/c1-7-6-10(15)16-17(7)9-4-2-8(3-5-9)11(12,13)14/h2-6H,1H3,(H2,15,16). The van der Waals surface area contributed by atoms with Gasteiger partial charge in [-0.15, -0.1) is 0 Å². The van der Waals surface area contributed by atoms with Gasteiger partial charge in [0.15, 0.2) is 0 Å². The molecule has 0 fully saturated rings. The molecule has 0 aliphatic carbocycles. The van der Waals surface area contributed by atoms with E-state index in [4.69, 9.17) is 5.73 Å². The summed E-state index contributed by atoms with van der Waals surface area (Å²) >= 11 is 0. The van der Waals surface area contributed by atoms with Crippen molar-refractivity contribution in [1.29, 1.82) is 0 Å². The van der Waals surface area contributed by atoms with Gasteiger partial charge in [0.2, 0.25) is 0 Å². The first-order valence-corrected chi connectivity index (χ1v) is 4.88. The zero-order valence-electron chi connectivity index (χ0n) is 8.99. The molecule has 2 aromatic rings. The lowest BCUT2D eigenvalue weighted by molar-refractivity contribution is -0.137. The average Bonchev–Trinajstić information content (AvgIpc) is 2.57. The summed E-state index contributed by atoms with van der Waals surface area (Å²) in [4.78, 5) is 0. The van der Waals surface area contributed by atoms with Gasteiger partial charge in [-0.25, -0.2) is 4.68 Å². The quantitative estimate of drug-likeness (QED) is 0.834. The van der Waals surface area contributed by atoms with Gasteiger partial charge in [0.1, 0.15) is 5.82 Å². The molecule has 0 spiro atoms. The van der Waals surface area contributed by atoms with Gasteiger partial charge in [-0.2, -0.15) is 18.3 Å². The summed E-state index contributed by atoms with van der Waals surface area (Å²) in [6, 6.07) is 6.42. The second-order valence-corrected chi connectivity index (χ2v) is 3.67. The molecule has 0 atom stereocenters. The lowest BCUT2D eigenvalue weighted by Gasteiger charge is -2.08. The third kappa shape index (κ3) is 2.25. The number of aromatic nitrogens is 2. The molecule has 6 heteroatoms. The third-order valence-electron chi connectivity index (χ3n) is 2.35. The summed E-state index contributed by atoms with van der Waals surface area (Å²) in [5, 5.41) is 3.99. The van der Waals surface area contributed by atoms with Crippen LogP contribution in [0.5, 0.6) is 0 Å². The number of halogens is 3. The average molecular weight is 241 g/mol. The highest BCUT2D eigenvalue weighted by Crippen LogP contribution is 2.29. The molecule has 1 heterocycles. The van der Waals surface area contributed by atoms with E-state index in [1.165, 1.54) is 16.8 Å². The Bertz CT molecular complexity index is 526. The Kier molecular flexibility index (Phi) is 2.57. The van der Waals surface area contributed by atoms with Gasteiger partial charge >= 0.3 is 6.18 Å². The molecule has 0 saturated heterocycles. The highest BCUT2D eigenvalue weighted by Gasteiger charge is 2.30. The van der Waals surface area contributed by atoms with Crippen molar-refractivity contribution in [2.45, 2.75) is 13.1 Å². The van der Waals surface area contributed by atoms with Gasteiger partial charge < -0.3 is 5.73 Å². The molecule has 2 N–H and O–H groups in total. The third-order valence-corrected chi connectivity index (χ3v) is 2.35. The Hall–Kier alpha value is -1.98. The van der Waals surface area contributed by atoms with E-state index < -0.39 is 11.7 Å². The van der Waals surface area contributed by atoms with Crippen molar-refractivity contribution in [3.8, 4) is 5.69 Å². The Morgan fingerprint density at radius 1 is 1.18 bits per heavy atom. The van der Waals surface area contributed by atoms with Gasteiger partial charge in [0.05, 0.1) is 11.3 Å². The maximum Gasteiger partial charge on any atom is 0.416 e. The van der Waals surface area contributed by atoms with Gasteiger partial charge in [0, 0.05) is 11.8 Å². The van der Waals surface area contributed by atoms with Crippen LogP contribution in [0, 0.1) is 6.92 Å². The maximum atomic E-state index is 12.4. The van der Waals surface area contributed by atoms with Crippen LogP contribution >= 0.6 is 0 Å². The highest BCUT2D eigenvalue weighted by atomic mass is 19.4. The molecular formula is C11H10F3N3. The van der Waals surface area contributed by atoms with Crippen LogP contribution in [0.3, 0.4) is 0 Å². The molecule has 90 valence electrons. The number of aryl methyl sites for hydroxylation is 1. The van der Waals surface area contributed by atoms with Gasteiger partial charge in [-0.05, 0) is 31.2 Å². The first-order chi connectivity index (χ1) is 7.88.